The van der Waals surface area contributed by atoms with Gasteiger partial charge in [-0.2, -0.15) is 0 Å². The summed E-state index contributed by atoms with van der Waals surface area (Å²) in [6.07, 6.45) is 0. The third-order valence-corrected chi connectivity index (χ3v) is 5.16. The predicted molar refractivity (Wildman–Crippen MR) is 105 cm³/mol. The van der Waals surface area contributed by atoms with Gasteiger partial charge in [0.25, 0.3) is 11.8 Å². The van der Waals surface area contributed by atoms with Gasteiger partial charge in [0.15, 0.2) is 12.3 Å². The van der Waals surface area contributed by atoms with Gasteiger partial charge in [0.05, 0.1) is 11.4 Å². The Labute approximate surface area is 165 Å². The van der Waals surface area contributed by atoms with E-state index in [0.29, 0.717) is 33.8 Å². The summed E-state index contributed by atoms with van der Waals surface area (Å²) in [5.74, 6) is -0.237. The lowest BCUT2D eigenvalue weighted by Crippen LogP contribution is -2.45. The highest BCUT2D eigenvalue weighted by molar-refractivity contribution is 6.12. The summed E-state index contributed by atoms with van der Waals surface area (Å²) in [5, 5.41) is 24.6. The number of anilines is 2. The second kappa shape index (κ2) is 6.08. The van der Waals surface area contributed by atoms with Crippen LogP contribution in [-0.4, -0.2) is 28.6 Å². The molecular weight excluding hydrogens is 372 g/mol. The average molecular weight is 388 g/mol. The number of carbonyl (C=O) groups is 2. The molecule has 0 aromatic heterocycles. The van der Waals surface area contributed by atoms with Crippen molar-refractivity contribution in [1.82, 2.24) is 0 Å². The van der Waals surface area contributed by atoms with Gasteiger partial charge in [-0.25, -0.2) is 0 Å². The van der Waals surface area contributed by atoms with Gasteiger partial charge in [-0.3, -0.25) is 14.5 Å². The molecule has 5 rings (SSSR count). The number of benzene rings is 3. The number of phenols is 1. The zero-order valence-electron chi connectivity index (χ0n) is 15.1. The minimum atomic E-state index is -1.83. The number of nitrogens with one attached hydrogen (secondary N) is 1. The van der Waals surface area contributed by atoms with Crippen molar-refractivity contribution in [2.45, 2.75) is 5.72 Å². The molecule has 0 saturated heterocycles. The van der Waals surface area contributed by atoms with Crippen LogP contribution in [0.4, 0.5) is 11.4 Å². The maximum atomic E-state index is 13.2. The summed E-state index contributed by atoms with van der Waals surface area (Å²) in [7, 11) is 0. The summed E-state index contributed by atoms with van der Waals surface area (Å²) in [6.45, 7) is -0.0760. The number of ether oxygens (including phenoxy) is 1. The van der Waals surface area contributed by atoms with E-state index in [1.807, 2.05) is 0 Å². The molecule has 1 atom stereocenters. The molecule has 0 fully saturated rings. The highest BCUT2D eigenvalue weighted by atomic mass is 16.5. The molecule has 0 aliphatic carbocycles. The van der Waals surface area contributed by atoms with Crippen molar-refractivity contribution in [3.63, 3.8) is 0 Å². The van der Waals surface area contributed by atoms with Crippen LogP contribution in [0.15, 0.2) is 66.7 Å². The van der Waals surface area contributed by atoms with Crippen molar-refractivity contribution in [3.8, 4) is 11.5 Å². The van der Waals surface area contributed by atoms with Crippen LogP contribution in [0.1, 0.15) is 21.5 Å². The monoisotopic (exact) mass is 388 g/mol. The van der Waals surface area contributed by atoms with E-state index in [2.05, 4.69) is 5.32 Å². The second-order valence-corrected chi connectivity index (χ2v) is 6.93. The van der Waals surface area contributed by atoms with Gasteiger partial charge in [-0.15, -0.1) is 0 Å². The van der Waals surface area contributed by atoms with E-state index >= 15 is 0 Å². The highest BCUT2D eigenvalue weighted by Crippen LogP contribution is 2.46. The third kappa shape index (κ3) is 2.48. The Hall–Kier alpha value is -3.84. The van der Waals surface area contributed by atoms with Crippen LogP contribution >= 0.6 is 0 Å². The van der Waals surface area contributed by atoms with Crippen molar-refractivity contribution in [3.05, 3.63) is 83.4 Å². The lowest BCUT2D eigenvalue weighted by molar-refractivity contribution is -0.118. The molecule has 2 aliphatic heterocycles. The number of hydrogen-bond acceptors (Lipinski definition) is 5. The smallest absolute Gasteiger partial charge is 0.262 e. The second-order valence-electron chi connectivity index (χ2n) is 6.93. The van der Waals surface area contributed by atoms with Crippen molar-refractivity contribution >= 4 is 23.2 Å². The van der Waals surface area contributed by atoms with E-state index in [-0.39, 0.29) is 18.3 Å². The van der Waals surface area contributed by atoms with E-state index in [4.69, 9.17) is 4.74 Å². The minimum absolute atomic E-state index is 0.0280. The van der Waals surface area contributed by atoms with E-state index < -0.39 is 11.6 Å². The molecule has 7 heteroatoms. The summed E-state index contributed by atoms with van der Waals surface area (Å²) < 4.78 is 5.40. The van der Waals surface area contributed by atoms with Crippen LogP contribution in [-0.2, 0) is 10.5 Å². The number of phenolic OH excluding ortho intramolecular Hbond substituents is 1. The number of amides is 2. The van der Waals surface area contributed by atoms with Crippen LogP contribution in [0, 0.1) is 0 Å². The Morgan fingerprint density at radius 1 is 1.00 bits per heavy atom. The zero-order chi connectivity index (χ0) is 20.2. The summed E-state index contributed by atoms with van der Waals surface area (Å²) >= 11 is 0. The number of carbonyl (C=O) groups excluding carboxylic acids is 2. The van der Waals surface area contributed by atoms with Gasteiger partial charge >= 0.3 is 0 Å². The maximum absolute atomic E-state index is 13.2. The molecule has 144 valence electrons. The van der Waals surface area contributed by atoms with Gasteiger partial charge in [0.1, 0.15) is 11.5 Å². The Kier molecular flexibility index (Phi) is 3.62. The van der Waals surface area contributed by atoms with Gasteiger partial charge < -0.3 is 20.3 Å². The van der Waals surface area contributed by atoms with E-state index in [9.17, 15) is 19.8 Å². The minimum Gasteiger partial charge on any atom is -0.508 e. The van der Waals surface area contributed by atoms with E-state index in [0.717, 1.165) is 0 Å². The van der Waals surface area contributed by atoms with Gasteiger partial charge in [-0.05, 0) is 36.4 Å². The topological polar surface area (TPSA) is 99.1 Å². The molecular formula is C22H16N2O5. The fourth-order valence-electron chi connectivity index (χ4n) is 3.88. The van der Waals surface area contributed by atoms with Gasteiger partial charge in [0, 0.05) is 22.8 Å². The van der Waals surface area contributed by atoms with Gasteiger partial charge in [-0.1, -0.05) is 24.3 Å². The van der Waals surface area contributed by atoms with Crippen LogP contribution in [0.25, 0.3) is 0 Å². The van der Waals surface area contributed by atoms with Crippen LogP contribution < -0.4 is 15.0 Å². The molecule has 2 heterocycles. The first kappa shape index (κ1) is 17.3. The SMILES string of the molecule is O=C1COc2ccc(C3(O)c4ccccc4C(=O)N3c3cccc(O)c3)cc2N1. The normalized spacial score (nSPS) is 20.0. The molecule has 1 unspecified atom stereocenters. The van der Waals surface area contributed by atoms with Crippen LogP contribution in [0.5, 0.6) is 11.5 Å². The van der Waals surface area contributed by atoms with Gasteiger partial charge in [0.2, 0.25) is 0 Å². The van der Waals surface area contributed by atoms with Crippen LogP contribution in [0.3, 0.4) is 0 Å². The number of rotatable bonds is 2. The number of fused-ring (bicyclic) bond motifs is 2. The highest BCUT2D eigenvalue weighted by Gasteiger charge is 2.51. The molecule has 0 bridgehead atoms. The average Bonchev–Trinajstić information content (AvgIpc) is 2.96. The molecule has 0 radical (unpaired) electrons. The van der Waals surface area contributed by atoms with E-state index in [1.54, 1.807) is 54.6 Å². The van der Waals surface area contributed by atoms with Crippen molar-refractivity contribution in [1.29, 1.82) is 0 Å². The summed E-state index contributed by atoms with van der Waals surface area (Å²) in [5.41, 5.74) is 0.0709. The van der Waals surface area contributed by atoms with Crippen molar-refractivity contribution < 1.29 is 24.5 Å². The molecule has 3 aromatic carbocycles. The third-order valence-electron chi connectivity index (χ3n) is 5.16. The molecule has 2 amide bonds. The summed E-state index contributed by atoms with van der Waals surface area (Å²) in [6, 6.07) is 17.8. The first-order valence-corrected chi connectivity index (χ1v) is 9.01. The molecule has 0 spiro atoms. The molecule has 0 saturated carbocycles. The first-order valence-electron chi connectivity index (χ1n) is 9.01. The lowest BCUT2D eigenvalue weighted by Gasteiger charge is -2.35. The van der Waals surface area contributed by atoms with Crippen molar-refractivity contribution in [2.75, 3.05) is 16.8 Å². The Bertz CT molecular complexity index is 1180. The molecule has 3 N–H and O–H groups in total. The number of hydrogen-bond donors (Lipinski definition) is 3. The quantitative estimate of drug-likeness (QED) is 0.627. The first-order chi connectivity index (χ1) is 14.0. The molecule has 29 heavy (non-hydrogen) atoms. The Morgan fingerprint density at radius 2 is 1.83 bits per heavy atom. The predicted octanol–water partition coefficient (Wildman–Crippen LogP) is 2.58. The largest absolute Gasteiger partial charge is 0.508 e. The Balaban J connectivity index is 1.74. The lowest BCUT2D eigenvalue weighted by atomic mass is 9.93. The summed E-state index contributed by atoms with van der Waals surface area (Å²) in [4.78, 5) is 26.2. The van der Waals surface area contributed by atoms with E-state index in [1.165, 1.54) is 17.0 Å². The van der Waals surface area contributed by atoms with Crippen LogP contribution in [0.2, 0.25) is 0 Å². The van der Waals surface area contributed by atoms with Crippen molar-refractivity contribution in [2.24, 2.45) is 0 Å². The molecule has 7 nitrogen and oxygen atoms in total. The molecule has 2 aliphatic rings. The number of aliphatic hydroxyl groups is 1. The maximum Gasteiger partial charge on any atom is 0.262 e. The number of nitrogens with zero attached hydrogens (tertiary/aromatic N) is 1. The zero-order valence-corrected chi connectivity index (χ0v) is 15.1. The number of aromatic hydroxyl groups is 1. The fraction of sp³-hybridized carbons (Fsp3) is 0.0909. The molecule has 3 aromatic rings. The fourth-order valence-corrected chi connectivity index (χ4v) is 3.88. The Morgan fingerprint density at radius 3 is 2.66 bits per heavy atom. The standard InChI is InChI=1S/C22H16N2O5/c25-15-5-3-4-14(11-15)24-21(27)16-6-1-2-7-17(16)22(24,28)13-8-9-19-18(10-13)23-20(26)12-29-19/h1-11,25,28H,12H2,(H,23,26).